The third-order valence-electron chi connectivity index (χ3n) is 5.72. The predicted molar refractivity (Wildman–Crippen MR) is 139 cm³/mol. The van der Waals surface area contributed by atoms with Crippen LogP contribution in [0.3, 0.4) is 0 Å². The molecule has 4 heteroatoms. The maximum Gasteiger partial charge on any atom is 0.0561 e. The molecule has 6 rings (SSSR count). The van der Waals surface area contributed by atoms with Crippen molar-refractivity contribution in [3.05, 3.63) is 96.6 Å². The Morgan fingerprint density at radius 2 is 1.16 bits per heavy atom. The Balaban J connectivity index is 0.000000136. The van der Waals surface area contributed by atoms with E-state index in [1.54, 1.807) is 0 Å². The maximum atomic E-state index is 3.57. The molecule has 32 heavy (non-hydrogen) atoms. The summed E-state index contributed by atoms with van der Waals surface area (Å²) < 4.78 is 0. The molecule has 0 fully saturated rings. The van der Waals surface area contributed by atoms with E-state index in [9.17, 15) is 0 Å². The number of nitrogens with one attached hydrogen (secondary N) is 1. The Kier molecular flexibility index (Phi) is 5.90. The Bertz CT molecular complexity index is 1220. The van der Waals surface area contributed by atoms with Gasteiger partial charge in [0.1, 0.15) is 0 Å². The zero-order valence-corrected chi connectivity index (χ0v) is 20.1. The minimum Gasteiger partial charge on any atom is -0.353 e. The lowest BCUT2D eigenvalue weighted by Crippen LogP contribution is -2.14. The molecule has 1 N–H and O–H groups in total. The van der Waals surface area contributed by atoms with Gasteiger partial charge in [0.15, 0.2) is 0 Å². The van der Waals surface area contributed by atoms with Crippen LogP contribution in [0.4, 0.5) is 22.7 Å². The van der Waals surface area contributed by atoms with Gasteiger partial charge in [0.2, 0.25) is 0 Å². The summed E-state index contributed by atoms with van der Waals surface area (Å²) in [5, 5.41) is 3.57. The fourth-order valence-corrected chi connectivity index (χ4v) is 6.23. The molecule has 2 nitrogen and oxygen atoms in total. The summed E-state index contributed by atoms with van der Waals surface area (Å²) in [6.45, 7) is 4.48. The highest BCUT2D eigenvalue weighted by molar-refractivity contribution is 8.00. The number of rotatable bonds is 1. The standard InChI is InChI=1S/C15H15NS.C13H11NS/c1-10(2)11-6-5-9-14-15(11)16-12-7-3-4-8-13(12)17-14;1-14-10-6-2-4-8-12(10)15-13-9-5-3-7-11(13)14/h3-10,16H,1-2H3;2-9H,1H3. The van der Waals surface area contributed by atoms with Gasteiger partial charge in [-0.1, -0.05) is 85.9 Å². The van der Waals surface area contributed by atoms with E-state index >= 15 is 0 Å². The predicted octanol–water partition coefficient (Wildman–Crippen LogP) is 8.94. The largest absolute Gasteiger partial charge is 0.353 e. The Labute approximate surface area is 199 Å². The average Bonchev–Trinajstić information content (AvgIpc) is 2.83. The fourth-order valence-electron chi connectivity index (χ4n) is 4.05. The SMILES string of the molecule is CC(C)c1cccc2c1Nc1ccccc1S2.CN1c2ccccc2Sc2ccccc21. The summed E-state index contributed by atoms with van der Waals surface area (Å²) in [6, 6.07) is 32.1. The summed E-state index contributed by atoms with van der Waals surface area (Å²) in [5.74, 6) is 0.545. The Morgan fingerprint density at radius 3 is 1.81 bits per heavy atom. The number of benzene rings is 4. The van der Waals surface area contributed by atoms with Gasteiger partial charge in [0, 0.05) is 26.6 Å². The molecule has 0 bridgehead atoms. The first-order chi connectivity index (χ1) is 15.6. The van der Waals surface area contributed by atoms with E-state index in [1.165, 1.54) is 47.9 Å². The summed E-state index contributed by atoms with van der Waals surface area (Å²) in [5.41, 5.74) is 6.48. The van der Waals surface area contributed by atoms with Gasteiger partial charge in [-0.25, -0.2) is 0 Å². The van der Waals surface area contributed by atoms with Gasteiger partial charge in [-0.3, -0.25) is 0 Å². The molecule has 2 aliphatic rings. The van der Waals surface area contributed by atoms with Gasteiger partial charge < -0.3 is 10.2 Å². The van der Waals surface area contributed by atoms with Gasteiger partial charge in [-0.05, 0) is 53.9 Å². The van der Waals surface area contributed by atoms with E-state index in [0.717, 1.165) is 0 Å². The number of hydrogen-bond acceptors (Lipinski definition) is 4. The molecule has 4 aromatic rings. The second-order valence-electron chi connectivity index (χ2n) is 8.19. The van der Waals surface area contributed by atoms with Crippen molar-refractivity contribution >= 4 is 46.3 Å². The molecular weight excluding hydrogens is 428 g/mol. The number of para-hydroxylation sites is 4. The van der Waals surface area contributed by atoms with Crippen molar-refractivity contribution in [1.82, 2.24) is 0 Å². The number of anilines is 4. The normalized spacial score (nSPS) is 13.1. The van der Waals surface area contributed by atoms with Crippen LogP contribution < -0.4 is 10.2 Å². The van der Waals surface area contributed by atoms with Gasteiger partial charge >= 0.3 is 0 Å². The first-order valence-corrected chi connectivity index (χ1v) is 12.5. The molecule has 0 radical (unpaired) electrons. The van der Waals surface area contributed by atoms with E-state index in [1.807, 2.05) is 23.5 Å². The Hall–Kier alpha value is -2.82. The lowest BCUT2D eigenvalue weighted by atomic mass is 10.0. The molecule has 0 atom stereocenters. The molecular formula is C28H26N2S2. The smallest absolute Gasteiger partial charge is 0.0561 e. The van der Waals surface area contributed by atoms with Crippen LogP contribution in [-0.2, 0) is 0 Å². The Morgan fingerprint density at radius 1 is 0.625 bits per heavy atom. The lowest BCUT2D eigenvalue weighted by molar-refractivity contribution is 0.864. The van der Waals surface area contributed by atoms with E-state index in [4.69, 9.17) is 0 Å². The quantitative estimate of drug-likeness (QED) is 0.272. The monoisotopic (exact) mass is 454 g/mol. The topological polar surface area (TPSA) is 15.3 Å². The lowest BCUT2D eigenvalue weighted by Gasteiger charge is -2.29. The van der Waals surface area contributed by atoms with Crippen LogP contribution >= 0.6 is 23.5 Å². The van der Waals surface area contributed by atoms with Gasteiger partial charge in [0.05, 0.1) is 22.7 Å². The fraction of sp³-hybridized carbons (Fsp3) is 0.143. The van der Waals surface area contributed by atoms with Crippen molar-refractivity contribution < 1.29 is 0 Å². The molecule has 4 aromatic carbocycles. The van der Waals surface area contributed by atoms with Crippen molar-refractivity contribution in [1.29, 1.82) is 0 Å². The van der Waals surface area contributed by atoms with Gasteiger partial charge in [-0.2, -0.15) is 0 Å². The highest BCUT2D eigenvalue weighted by Crippen LogP contribution is 2.47. The van der Waals surface area contributed by atoms with Crippen molar-refractivity contribution in [3.63, 3.8) is 0 Å². The van der Waals surface area contributed by atoms with Crippen LogP contribution in [-0.4, -0.2) is 7.05 Å². The van der Waals surface area contributed by atoms with Crippen LogP contribution in [0.25, 0.3) is 0 Å². The van der Waals surface area contributed by atoms with E-state index in [2.05, 4.69) is 122 Å². The second kappa shape index (κ2) is 8.97. The summed E-state index contributed by atoms with van der Waals surface area (Å²) in [7, 11) is 2.12. The molecule has 0 amide bonds. The third-order valence-corrected chi connectivity index (χ3v) is 7.99. The highest BCUT2D eigenvalue weighted by atomic mass is 32.2. The minimum atomic E-state index is 0.545. The molecule has 0 saturated heterocycles. The first-order valence-electron chi connectivity index (χ1n) is 10.9. The van der Waals surface area contributed by atoms with Crippen molar-refractivity contribution in [2.75, 3.05) is 17.3 Å². The summed E-state index contributed by atoms with van der Waals surface area (Å²) >= 11 is 3.70. The van der Waals surface area contributed by atoms with Crippen LogP contribution in [0, 0.1) is 0 Å². The second-order valence-corrected chi connectivity index (χ2v) is 10.4. The molecule has 2 aliphatic heterocycles. The molecule has 0 aliphatic carbocycles. The zero-order chi connectivity index (χ0) is 22.1. The molecule has 0 saturated carbocycles. The molecule has 160 valence electrons. The van der Waals surface area contributed by atoms with Crippen molar-refractivity contribution in [3.8, 4) is 0 Å². The summed E-state index contributed by atoms with van der Waals surface area (Å²) in [6.07, 6.45) is 0. The average molecular weight is 455 g/mol. The molecule has 0 aromatic heterocycles. The van der Waals surface area contributed by atoms with E-state index < -0.39 is 0 Å². The van der Waals surface area contributed by atoms with Gasteiger partial charge in [0.25, 0.3) is 0 Å². The molecule has 2 heterocycles. The molecule has 0 spiro atoms. The molecule has 0 unspecified atom stereocenters. The summed E-state index contributed by atoms with van der Waals surface area (Å²) in [4.78, 5) is 7.55. The highest BCUT2D eigenvalue weighted by Gasteiger charge is 2.20. The van der Waals surface area contributed by atoms with Gasteiger partial charge in [-0.15, -0.1) is 0 Å². The third kappa shape index (κ3) is 4.01. The van der Waals surface area contributed by atoms with Crippen LogP contribution in [0.1, 0.15) is 25.3 Å². The van der Waals surface area contributed by atoms with E-state index in [-0.39, 0.29) is 0 Å². The number of nitrogens with zero attached hydrogens (tertiary/aromatic N) is 1. The van der Waals surface area contributed by atoms with Crippen LogP contribution in [0.15, 0.2) is 111 Å². The maximum absolute atomic E-state index is 3.57. The minimum absolute atomic E-state index is 0.545. The van der Waals surface area contributed by atoms with Crippen molar-refractivity contribution in [2.45, 2.75) is 39.3 Å². The van der Waals surface area contributed by atoms with Crippen LogP contribution in [0.5, 0.6) is 0 Å². The van der Waals surface area contributed by atoms with Crippen molar-refractivity contribution in [2.24, 2.45) is 0 Å². The van der Waals surface area contributed by atoms with Crippen LogP contribution in [0.2, 0.25) is 0 Å². The first kappa shape index (κ1) is 21.0. The van der Waals surface area contributed by atoms with E-state index in [0.29, 0.717) is 5.92 Å². The number of fused-ring (bicyclic) bond motifs is 4. The zero-order valence-electron chi connectivity index (χ0n) is 18.5. The number of hydrogen-bond donors (Lipinski definition) is 1.